The zero-order valence-corrected chi connectivity index (χ0v) is 18.2. The van der Waals surface area contributed by atoms with Crippen molar-refractivity contribution in [2.24, 2.45) is 0 Å². The summed E-state index contributed by atoms with van der Waals surface area (Å²) in [5, 5.41) is 8.37. The summed E-state index contributed by atoms with van der Waals surface area (Å²) in [5.41, 5.74) is 2.12. The minimum atomic E-state index is 0.179. The van der Waals surface area contributed by atoms with Gasteiger partial charge in [-0.15, -0.1) is 10.2 Å². The fourth-order valence-corrected chi connectivity index (χ4v) is 3.81. The van der Waals surface area contributed by atoms with Crippen LogP contribution in [0.15, 0.2) is 53.1 Å². The van der Waals surface area contributed by atoms with Crippen LogP contribution in [0.4, 0.5) is 5.82 Å². The van der Waals surface area contributed by atoms with Crippen LogP contribution >= 0.6 is 0 Å². The summed E-state index contributed by atoms with van der Waals surface area (Å²) < 4.78 is 5.85. The third kappa shape index (κ3) is 5.10. The molecule has 1 aliphatic rings. The summed E-state index contributed by atoms with van der Waals surface area (Å²) in [7, 11) is 0. The molecule has 1 saturated heterocycles. The predicted octanol–water partition coefficient (Wildman–Crippen LogP) is 3.93. The number of pyridine rings is 1. The van der Waals surface area contributed by atoms with E-state index in [2.05, 4.69) is 32.2 Å². The Balaban J connectivity index is 1.34. The number of benzene rings is 1. The molecule has 0 aliphatic carbocycles. The van der Waals surface area contributed by atoms with Gasteiger partial charge < -0.3 is 14.2 Å². The highest BCUT2D eigenvalue weighted by Crippen LogP contribution is 2.29. The molecule has 0 spiro atoms. The van der Waals surface area contributed by atoms with Gasteiger partial charge in [0.15, 0.2) is 0 Å². The van der Waals surface area contributed by atoms with Crippen molar-refractivity contribution in [3.05, 3.63) is 60.1 Å². The van der Waals surface area contributed by atoms with Crippen LogP contribution in [0.3, 0.4) is 0 Å². The summed E-state index contributed by atoms with van der Waals surface area (Å²) in [6.45, 7) is 6.91. The van der Waals surface area contributed by atoms with Gasteiger partial charge in [0.05, 0.1) is 5.56 Å². The van der Waals surface area contributed by atoms with Gasteiger partial charge in [0.1, 0.15) is 5.82 Å². The number of hydrogen-bond donors (Lipinski definition) is 0. The standard InChI is InChI=1S/C24H29N5O2/c1-18(2)23-26-27-24(31-23)20-11-7-13-25-22(20)29-16-14-28(15-17-29)21(30)12-6-10-19-8-4-3-5-9-19/h3-5,7-9,11,13,18H,6,10,12,14-17H2,1-2H3. The second-order valence-electron chi connectivity index (χ2n) is 8.18. The zero-order valence-electron chi connectivity index (χ0n) is 18.2. The third-order valence-corrected chi connectivity index (χ3v) is 5.58. The Morgan fingerprint density at radius 3 is 2.52 bits per heavy atom. The summed E-state index contributed by atoms with van der Waals surface area (Å²) in [6, 6.07) is 14.2. The first-order valence-electron chi connectivity index (χ1n) is 11.0. The molecule has 31 heavy (non-hydrogen) atoms. The molecule has 0 bridgehead atoms. The van der Waals surface area contributed by atoms with E-state index in [-0.39, 0.29) is 11.8 Å². The fraction of sp³-hybridized carbons (Fsp3) is 0.417. The Hall–Kier alpha value is -3.22. The molecule has 0 atom stereocenters. The first-order chi connectivity index (χ1) is 15.1. The summed E-state index contributed by atoms with van der Waals surface area (Å²) in [5.74, 6) is 2.35. The molecular weight excluding hydrogens is 390 g/mol. The van der Waals surface area contributed by atoms with E-state index < -0.39 is 0 Å². The minimum Gasteiger partial charge on any atom is -0.420 e. The van der Waals surface area contributed by atoms with E-state index in [9.17, 15) is 4.79 Å². The van der Waals surface area contributed by atoms with Gasteiger partial charge in [-0.1, -0.05) is 44.2 Å². The van der Waals surface area contributed by atoms with Gasteiger partial charge in [-0.25, -0.2) is 4.98 Å². The topological polar surface area (TPSA) is 75.4 Å². The molecule has 0 saturated carbocycles. The van der Waals surface area contributed by atoms with Gasteiger partial charge in [0.2, 0.25) is 11.8 Å². The Morgan fingerprint density at radius 1 is 1.03 bits per heavy atom. The molecule has 162 valence electrons. The maximum Gasteiger partial charge on any atom is 0.251 e. The monoisotopic (exact) mass is 419 g/mol. The molecule has 1 fully saturated rings. The number of nitrogens with zero attached hydrogens (tertiary/aromatic N) is 5. The SMILES string of the molecule is CC(C)c1nnc(-c2cccnc2N2CCN(C(=O)CCCc3ccccc3)CC2)o1. The summed E-state index contributed by atoms with van der Waals surface area (Å²) >= 11 is 0. The highest BCUT2D eigenvalue weighted by molar-refractivity contribution is 5.77. The molecule has 1 aromatic carbocycles. The Kier molecular flexibility index (Phi) is 6.60. The quantitative estimate of drug-likeness (QED) is 0.578. The van der Waals surface area contributed by atoms with Crippen molar-refractivity contribution in [3.8, 4) is 11.5 Å². The van der Waals surface area contributed by atoms with Gasteiger partial charge in [-0.2, -0.15) is 0 Å². The van der Waals surface area contributed by atoms with Crippen LogP contribution in [0, 0.1) is 0 Å². The molecule has 0 radical (unpaired) electrons. The highest BCUT2D eigenvalue weighted by atomic mass is 16.4. The van der Waals surface area contributed by atoms with Crippen molar-refractivity contribution >= 4 is 11.7 Å². The van der Waals surface area contributed by atoms with Gasteiger partial charge in [-0.05, 0) is 30.5 Å². The van der Waals surface area contributed by atoms with Gasteiger partial charge in [0, 0.05) is 44.7 Å². The number of hydrogen-bond acceptors (Lipinski definition) is 6. The molecule has 0 N–H and O–H groups in total. The second-order valence-corrected chi connectivity index (χ2v) is 8.18. The van der Waals surface area contributed by atoms with Crippen LogP contribution in [0.5, 0.6) is 0 Å². The van der Waals surface area contributed by atoms with Crippen LogP contribution in [0.1, 0.15) is 44.1 Å². The van der Waals surface area contributed by atoms with Crippen LogP contribution in [0.25, 0.3) is 11.5 Å². The number of amides is 1. The van der Waals surface area contributed by atoms with Crippen molar-refractivity contribution in [2.45, 2.75) is 39.0 Å². The largest absolute Gasteiger partial charge is 0.420 e. The second kappa shape index (κ2) is 9.73. The van der Waals surface area contributed by atoms with Crippen molar-refractivity contribution in [3.63, 3.8) is 0 Å². The molecule has 7 heteroatoms. The molecule has 3 aromatic rings. The predicted molar refractivity (Wildman–Crippen MR) is 120 cm³/mol. The van der Waals surface area contributed by atoms with E-state index in [1.807, 2.05) is 49.1 Å². The van der Waals surface area contributed by atoms with E-state index in [4.69, 9.17) is 4.42 Å². The lowest BCUT2D eigenvalue weighted by atomic mass is 10.1. The molecule has 7 nitrogen and oxygen atoms in total. The lowest BCUT2D eigenvalue weighted by molar-refractivity contribution is -0.131. The average Bonchev–Trinajstić information content (AvgIpc) is 3.30. The van der Waals surface area contributed by atoms with Crippen LogP contribution in [-0.2, 0) is 11.2 Å². The highest BCUT2D eigenvalue weighted by Gasteiger charge is 2.25. The Labute approximate surface area is 183 Å². The van der Waals surface area contributed by atoms with E-state index in [1.165, 1.54) is 5.56 Å². The number of aromatic nitrogens is 3. The van der Waals surface area contributed by atoms with Crippen LogP contribution in [-0.4, -0.2) is 52.2 Å². The number of rotatable bonds is 7. The smallest absolute Gasteiger partial charge is 0.251 e. The lowest BCUT2D eigenvalue weighted by Gasteiger charge is -2.36. The van der Waals surface area contributed by atoms with Gasteiger partial charge in [0.25, 0.3) is 5.89 Å². The van der Waals surface area contributed by atoms with E-state index in [0.717, 1.165) is 37.3 Å². The third-order valence-electron chi connectivity index (χ3n) is 5.58. The fourth-order valence-electron chi connectivity index (χ4n) is 3.81. The first kappa shape index (κ1) is 21.0. The summed E-state index contributed by atoms with van der Waals surface area (Å²) in [4.78, 5) is 21.4. The van der Waals surface area contributed by atoms with Crippen LogP contribution < -0.4 is 4.90 Å². The average molecular weight is 420 g/mol. The molecule has 1 aliphatic heterocycles. The first-order valence-corrected chi connectivity index (χ1v) is 11.0. The molecule has 1 amide bonds. The van der Waals surface area contributed by atoms with E-state index in [1.54, 1.807) is 6.20 Å². The number of piperazine rings is 1. The number of carbonyl (C=O) groups is 1. The van der Waals surface area contributed by atoms with Gasteiger partial charge in [-0.3, -0.25) is 4.79 Å². The normalized spacial score (nSPS) is 14.3. The molecule has 0 unspecified atom stereocenters. The zero-order chi connectivity index (χ0) is 21.6. The van der Waals surface area contributed by atoms with Crippen LogP contribution in [0.2, 0.25) is 0 Å². The number of aryl methyl sites for hydroxylation is 1. The van der Waals surface area contributed by atoms with E-state index >= 15 is 0 Å². The maximum absolute atomic E-state index is 12.6. The Morgan fingerprint density at radius 2 is 1.81 bits per heavy atom. The molecule has 2 aromatic heterocycles. The van der Waals surface area contributed by atoms with Crippen molar-refractivity contribution < 1.29 is 9.21 Å². The minimum absolute atomic E-state index is 0.179. The van der Waals surface area contributed by atoms with Crippen molar-refractivity contribution in [1.82, 2.24) is 20.1 Å². The Bertz CT molecular complexity index is 994. The lowest BCUT2D eigenvalue weighted by Crippen LogP contribution is -2.49. The maximum atomic E-state index is 12.6. The number of anilines is 1. The van der Waals surface area contributed by atoms with Gasteiger partial charge >= 0.3 is 0 Å². The summed E-state index contributed by atoms with van der Waals surface area (Å²) in [6.07, 6.45) is 4.18. The van der Waals surface area contributed by atoms with Crippen molar-refractivity contribution in [2.75, 3.05) is 31.1 Å². The van der Waals surface area contributed by atoms with Crippen molar-refractivity contribution in [1.29, 1.82) is 0 Å². The molecule has 4 rings (SSSR count). The molecular formula is C24H29N5O2. The molecule has 3 heterocycles. The van der Waals surface area contributed by atoms with E-state index in [0.29, 0.717) is 31.3 Å². The number of carbonyl (C=O) groups excluding carboxylic acids is 1.